The van der Waals surface area contributed by atoms with Crippen LogP contribution in [-0.2, 0) is 20.4 Å². The van der Waals surface area contributed by atoms with Crippen LogP contribution in [0.15, 0.2) is 53.4 Å². The summed E-state index contributed by atoms with van der Waals surface area (Å²) >= 11 is 5.82. The van der Waals surface area contributed by atoms with Gasteiger partial charge < -0.3 is 4.57 Å². The second-order valence-corrected chi connectivity index (χ2v) is 10.2. The third-order valence-electron chi connectivity index (χ3n) is 4.37. The molecule has 0 radical (unpaired) electrons. The van der Waals surface area contributed by atoms with E-state index in [9.17, 15) is 13.2 Å². The van der Waals surface area contributed by atoms with Crippen molar-refractivity contribution in [3.63, 3.8) is 0 Å². The van der Waals surface area contributed by atoms with E-state index in [4.69, 9.17) is 11.6 Å². The van der Waals surface area contributed by atoms with E-state index >= 15 is 0 Å². The van der Waals surface area contributed by atoms with Gasteiger partial charge in [-0.25, -0.2) is 13.4 Å². The van der Waals surface area contributed by atoms with Crippen molar-refractivity contribution in [1.82, 2.24) is 13.9 Å². The maximum atomic E-state index is 12.7. The minimum absolute atomic E-state index is 0.0686. The van der Waals surface area contributed by atoms with E-state index in [1.54, 1.807) is 0 Å². The number of anilines is 1. The summed E-state index contributed by atoms with van der Waals surface area (Å²) in [6.45, 7) is 5.67. The van der Waals surface area contributed by atoms with Crippen molar-refractivity contribution < 1.29 is 13.2 Å². The Morgan fingerprint density at radius 2 is 1.76 bits per heavy atom. The van der Waals surface area contributed by atoms with E-state index in [0.717, 1.165) is 15.3 Å². The first-order chi connectivity index (χ1) is 13.5. The molecule has 154 valence electrons. The summed E-state index contributed by atoms with van der Waals surface area (Å²) in [6, 6.07) is 13.4. The predicted molar refractivity (Wildman–Crippen MR) is 115 cm³/mol. The van der Waals surface area contributed by atoms with Crippen LogP contribution < -0.4 is 5.32 Å². The Kier molecular flexibility index (Phi) is 5.71. The summed E-state index contributed by atoms with van der Waals surface area (Å²) in [7, 11) is -2.46. The minimum atomic E-state index is -3.82. The van der Waals surface area contributed by atoms with Crippen molar-refractivity contribution in [1.29, 1.82) is 0 Å². The monoisotopic (exact) mass is 434 g/mol. The van der Waals surface area contributed by atoms with Crippen molar-refractivity contribution >= 4 is 44.5 Å². The van der Waals surface area contributed by atoms with E-state index in [1.165, 1.54) is 31.3 Å². The topological polar surface area (TPSA) is 84.3 Å². The van der Waals surface area contributed by atoms with Crippen LogP contribution in [0.2, 0.25) is 5.02 Å². The van der Waals surface area contributed by atoms with Crippen LogP contribution in [0.4, 0.5) is 5.95 Å². The quantitative estimate of drug-likeness (QED) is 0.663. The molecule has 1 aromatic heterocycles. The summed E-state index contributed by atoms with van der Waals surface area (Å²) in [6.07, 6.45) is 0. The highest BCUT2D eigenvalue weighted by atomic mass is 35.5. The highest BCUT2D eigenvalue weighted by molar-refractivity contribution is 7.89. The van der Waals surface area contributed by atoms with Gasteiger partial charge in [0.1, 0.15) is 0 Å². The number of halogens is 1. The van der Waals surface area contributed by atoms with Crippen molar-refractivity contribution in [2.24, 2.45) is 0 Å². The van der Waals surface area contributed by atoms with Gasteiger partial charge >= 0.3 is 0 Å². The van der Waals surface area contributed by atoms with Gasteiger partial charge in [0, 0.05) is 17.6 Å². The molecular formula is C20H23ClN4O3S. The van der Waals surface area contributed by atoms with Gasteiger partial charge in [-0.05, 0) is 57.2 Å². The predicted octanol–water partition coefficient (Wildman–Crippen LogP) is 3.70. The Balaban J connectivity index is 1.83. The van der Waals surface area contributed by atoms with E-state index in [-0.39, 0.29) is 17.0 Å². The number of nitrogens with zero attached hydrogens (tertiary/aromatic N) is 3. The second kappa shape index (κ2) is 7.78. The Labute approximate surface area is 175 Å². The molecule has 0 spiro atoms. The Hall–Kier alpha value is -2.42. The second-order valence-electron chi connectivity index (χ2n) is 7.69. The lowest BCUT2D eigenvalue weighted by Gasteiger charge is -2.25. The molecule has 0 atom stereocenters. The van der Waals surface area contributed by atoms with E-state index in [1.807, 2.05) is 49.6 Å². The molecule has 29 heavy (non-hydrogen) atoms. The number of imidazole rings is 1. The number of nitrogens with one attached hydrogen (secondary N) is 1. The van der Waals surface area contributed by atoms with Crippen LogP contribution >= 0.6 is 11.6 Å². The van der Waals surface area contributed by atoms with Crippen LogP contribution in [0.5, 0.6) is 0 Å². The van der Waals surface area contributed by atoms with Crippen LogP contribution in [0, 0.1) is 0 Å². The van der Waals surface area contributed by atoms with Gasteiger partial charge in [-0.3, -0.25) is 10.1 Å². The molecular weight excluding hydrogens is 412 g/mol. The maximum absolute atomic E-state index is 12.7. The molecule has 1 N–H and O–H groups in total. The fourth-order valence-corrected chi connectivity index (χ4v) is 4.28. The van der Waals surface area contributed by atoms with Crippen molar-refractivity contribution in [2.45, 2.75) is 31.2 Å². The maximum Gasteiger partial charge on any atom is 0.243 e. The molecule has 0 unspecified atom stereocenters. The highest BCUT2D eigenvalue weighted by Gasteiger charge is 2.26. The minimum Gasteiger partial charge on any atom is -0.305 e. The van der Waals surface area contributed by atoms with E-state index < -0.39 is 15.9 Å². The van der Waals surface area contributed by atoms with Gasteiger partial charge in [0.25, 0.3) is 0 Å². The lowest BCUT2D eigenvalue weighted by molar-refractivity contribution is -0.116. The number of amides is 1. The molecule has 1 amide bonds. The smallest absolute Gasteiger partial charge is 0.243 e. The lowest BCUT2D eigenvalue weighted by atomic mass is 10.1. The molecule has 0 fully saturated rings. The van der Waals surface area contributed by atoms with Gasteiger partial charge in [-0.2, -0.15) is 4.31 Å². The molecule has 0 aliphatic heterocycles. The molecule has 2 aromatic carbocycles. The van der Waals surface area contributed by atoms with Gasteiger partial charge in [-0.1, -0.05) is 23.7 Å². The van der Waals surface area contributed by atoms with Gasteiger partial charge in [0.05, 0.1) is 22.5 Å². The fraction of sp³-hybridized carbons (Fsp3) is 0.300. The highest BCUT2D eigenvalue weighted by Crippen LogP contribution is 2.28. The number of aromatic nitrogens is 2. The number of hydrogen-bond acceptors (Lipinski definition) is 4. The number of benzene rings is 2. The SMILES string of the molecule is CN(CC(=O)Nc1nc2ccccc2n1C(C)(C)C)S(=O)(=O)c1ccc(Cl)cc1. The number of hydrogen-bond donors (Lipinski definition) is 1. The van der Waals surface area contributed by atoms with Crippen LogP contribution in [0.3, 0.4) is 0 Å². The zero-order chi connectivity index (χ0) is 21.4. The summed E-state index contributed by atoms with van der Waals surface area (Å²) in [5.74, 6) is -0.105. The third kappa shape index (κ3) is 4.44. The summed E-state index contributed by atoms with van der Waals surface area (Å²) < 4.78 is 28.3. The molecule has 3 aromatic rings. The first-order valence-electron chi connectivity index (χ1n) is 9.00. The van der Waals surface area contributed by atoms with E-state index in [0.29, 0.717) is 11.0 Å². The summed E-state index contributed by atoms with van der Waals surface area (Å²) in [5.41, 5.74) is 1.30. The molecule has 0 bridgehead atoms. The molecule has 0 aliphatic carbocycles. The zero-order valence-electron chi connectivity index (χ0n) is 16.7. The normalized spacial score (nSPS) is 12.5. The molecule has 1 heterocycles. The first kappa shape index (κ1) is 21.3. The van der Waals surface area contributed by atoms with Crippen LogP contribution in [0.25, 0.3) is 11.0 Å². The largest absolute Gasteiger partial charge is 0.305 e. The number of para-hydroxylation sites is 2. The molecule has 0 aliphatic rings. The van der Waals surface area contributed by atoms with Crippen LogP contribution in [0.1, 0.15) is 20.8 Å². The molecule has 7 nitrogen and oxygen atoms in total. The van der Waals surface area contributed by atoms with Crippen molar-refractivity contribution in [2.75, 3.05) is 18.9 Å². The summed E-state index contributed by atoms with van der Waals surface area (Å²) in [5, 5.41) is 3.19. The molecule has 0 saturated carbocycles. The first-order valence-corrected chi connectivity index (χ1v) is 10.8. The Morgan fingerprint density at radius 1 is 1.14 bits per heavy atom. The standard InChI is InChI=1S/C20H23ClN4O3S/c1-20(2,3)25-17-8-6-5-7-16(17)22-19(25)23-18(26)13-24(4)29(27,28)15-11-9-14(21)10-12-15/h5-12H,13H2,1-4H3,(H,22,23,26). The van der Waals surface area contributed by atoms with Crippen LogP contribution in [-0.4, -0.2) is 41.8 Å². The molecule has 3 rings (SSSR count). The Bertz CT molecular complexity index is 1150. The summed E-state index contributed by atoms with van der Waals surface area (Å²) in [4.78, 5) is 17.2. The number of carbonyl (C=O) groups is 1. The lowest BCUT2D eigenvalue weighted by Crippen LogP contribution is -2.36. The average Bonchev–Trinajstić information content (AvgIpc) is 2.99. The fourth-order valence-electron chi connectivity index (χ4n) is 3.03. The van der Waals surface area contributed by atoms with E-state index in [2.05, 4.69) is 10.3 Å². The zero-order valence-corrected chi connectivity index (χ0v) is 18.3. The number of likely N-dealkylation sites (N-methyl/N-ethyl adjacent to an activating group) is 1. The number of rotatable bonds is 5. The third-order valence-corrected chi connectivity index (χ3v) is 6.44. The number of fused-ring (bicyclic) bond motifs is 1. The number of sulfonamides is 1. The van der Waals surface area contributed by atoms with Gasteiger partial charge in [0.2, 0.25) is 21.9 Å². The van der Waals surface area contributed by atoms with Gasteiger partial charge in [0.15, 0.2) is 0 Å². The average molecular weight is 435 g/mol. The van der Waals surface area contributed by atoms with Crippen molar-refractivity contribution in [3.05, 3.63) is 53.6 Å². The van der Waals surface area contributed by atoms with Crippen molar-refractivity contribution in [3.8, 4) is 0 Å². The Morgan fingerprint density at radius 3 is 2.38 bits per heavy atom. The van der Waals surface area contributed by atoms with Gasteiger partial charge in [-0.15, -0.1) is 0 Å². The number of carbonyl (C=O) groups excluding carboxylic acids is 1. The molecule has 0 saturated heterocycles. The molecule has 9 heteroatoms.